The van der Waals surface area contributed by atoms with Gasteiger partial charge < -0.3 is 9.47 Å². The fourth-order valence-electron chi connectivity index (χ4n) is 3.63. The summed E-state index contributed by atoms with van der Waals surface area (Å²) in [6.07, 6.45) is 6.41. The van der Waals surface area contributed by atoms with Crippen LogP contribution in [0.4, 0.5) is 0 Å². The molecule has 2 aliphatic carbocycles. The van der Waals surface area contributed by atoms with E-state index in [0.717, 1.165) is 25.7 Å². The fourth-order valence-corrected chi connectivity index (χ4v) is 5.59. The molecule has 0 saturated heterocycles. The van der Waals surface area contributed by atoms with Gasteiger partial charge in [-0.15, -0.1) is 11.6 Å². The second-order valence-electron chi connectivity index (χ2n) is 7.46. The van der Waals surface area contributed by atoms with E-state index in [9.17, 15) is 5.39 Å². The standard InChI is InChI=1S/C18H32ClN2O2S/c1-4-22-17-9-15(21-20)16(23-11-12(2)3)10-18(17)24-14-7-5-13(19)6-8-14/h12-18H,4-11H2,1-3H3/q+1. The Morgan fingerprint density at radius 3 is 2.42 bits per heavy atom. The van der Waals surface area contributed by atoms with E-state index in [-0.39, 0.29) is 18.2 Å². The van der Waals surface area contributed by atoms with Crippen LogP contribution in [0.5, 0.6) is 0 Å². The van der Waals surface area contributed by atoms with Crippen molar-refractivity contribution in [3.63, 3.8) is 0 Å². The second kappa shape index (κ2) is 10.2. The zero-order valence-electron chi connectivity index (χ0n) is 15.2. The molecule has 2 fully saturated rings. The van der Waals surface area contributed by atoms with E-state index in [1.807, 2.05) is 6.92 Å². The van der Waals surface area contributed by atoms with Gasteiger partial charge in [0, 0.05) is 29.1 Å². The molecule has 0 radical (unpaired) electrons. The third kappa shape index (κ3) is 6.05. The van der Waals surface area contributed by atoms with Crippen molar-refractivity contribution < 1.29 is 9.47 Å². The molecule has 0 aromatic rings. The zero-order chi connectivity index (χ0) is 17.5. The molecule has 138 valence electrons. The van der Waals surface area contributed by atoms with Gasteiger partial charge in [0.05, 0.1) is 12.5 Å². The molecule has 4 unspecified atom stereocenters. The minimum atomic E-state index is -0.171. The third-order valence-corrected chi connectivity index (χ3v) is 7.06. The summed E-state index contributed by atoms with van der Waals surface area (Å²) in [6, 6.07) is -0.171. The predicted molar refractivity (Wildman–Crippen MR) is 101 cm³/mol. The van der Waals surface area contributed by atoms with Crippen molar-refractivity contribution in [2.75, 3.05) is 13.2 Å². The van der Waals surface area contributed by atoms with Gasteiger partial charge in [0.25, 0.3) is 0 Å². The first-order valence-corrected chi connectivity index (χ1v) is 10.8. The highest BCUT2D eigenvalue weighted by Gasteiger charge is 2.46. The molecule has 2 rings (SSSR count). The summed E-state index contributed by atoms with van der Waals surface area (Å²) in [5.74, 6) is 0.485. The predicted octanol–water partition coefficient (Wildman–Crippen LogP) is 5.10. The van der Waals surface area contributed by atoms with Crippen LogP contribution >= 0.6 is 23.4 Å². The average molecular weight is 376 g/mol. The first-order chi connectivity index (χ1) is 11.5. The lowest BCUT2D eigenvalue weighted by Crippen LogP contribution is -2.45. The van der Waals surface area contributed by atoms with Gasteiger partial charge in [0.1, 0.15) is 11.1 Å². The summed E-state index contributed by atoms with van der Waals surface area (Å²) in [7, 11) is 0. The minimum Gasteiger partial charge on any atom is -0.377 e. The number of alkyl halides is 1. The van der Waals surface area contributed by atoms with Crippen LogP contribution in [0.1, 0.15) is 59.3 Å². The van der Waals surface area contributed by atoms with Crippen molar-refractivity contribution >= 4 is 23.4 Å². The molecule has 0 aliphatic heterocycles. The number of ether oxygens (including phenoxy) is 2. The largest absolute Gasteiger partial charge is 0.377 e. The lowest BCUT2D eigenvalue weighted by Gasteiger charge is -2.37. The Balaban J connectivity index is 1.97. The van der Waals surface area contributed by atoms with Gasteiger partial charge in [0.15, 0.2) is 0 Å². The van der Waals surface area contributed by atoms with Gasteiger partial charge >= 0.3 is 6.04 Å². The number of rotatable bonds is 7. The van der Waals surface area contributed by atoms with Gasteiger partial charge in [-0.05, 0) is 44.9 Å². The topological polar surface area (TPSA) is 46.6 Å². The molecule has 4 nitrogen and oxygen atoms in total. The van der Waals surface area contributed by atoms with Crippen LogP contribution < -0.4 is 0 Å². The number of thioether (sulfide) groups is 1. The molecule has 2 saturated carbocycles. The van der Waals surface area contributed by atoms with E-state index in [4.69, 9.17) is 21.1 Å². The normalized spacial score (nSPS) is 37.3. The number of halogens is 1. The fraction of sp³-hybridized carbons (Fsp3) is 1.00. The third-order valence-electron chi connectivity index (χ3n) is 4.93. The molecule has 0 bridgehead atoms. The van der Waals surface area contributed by atoms with Gasteiger partial charge in [-0.1, -0.05) is 13.8 Å². The van der Waals surface area contributed by atoms with Gasteiger partial charge in [-0.25, -0.2) is 0 Å². The molecule has 6 heteroatoms. The number of hydrogen-bond donors (Lipinski definition) is 0. The van der Waals surface area contributed by atoms with Gasteiger partial charge in [-0.2, -0.15) is 11.8 Å². The van der Waals surface area contributed by atoms with E-state index < -0.39 is 0 Å². The highest BCUT2D eigenvalue weighted by Crippen LogP contribution is 2.40. The molecule has 0 aromatic carbocycles. The van der Waals surface area contributed by atoms with E-state index in [1.54, 1.807) is 0 Å². The molecule has 0 spiro atoms. The Morgan fingerprint density at radius 2 is 1.83 bits per heavy atom. The summed E-state index contributed by atoms with van der Waals surface area (Å²) in [4.78, 5) is 3.60. The first-order valence-electron chi connectivity index (χ1n) is 9.40. The monoisotopic (exact) mass is 375 g/mol. The Bertz CT molecular complexity index is 410. The van der Waals surface area contributed by atoms with Crippen molar-refractivity contribution in [1.82, 2.24) is 0 Å². The summed E-state index contributed by atoms with van der Waals surface area (Å²) in [5, 5.41) is 10.9. The molecule has 2 aliphatic rings. The number of nitrogens with zero attached hydrogens (tertiary/aromatic N) is 2. The first kappa shape index (κ1) is 20.3. The van der Waals surface area contributed by atoms with Crippen LogP contribution in [0.3, 0.4) is 0 Å². The highest BCUT2D eigenvalue weighted by atomic mass is 35.5. The summed E-state index contributed by atoms with van der Waals surface area (Å²) in [5.41, 5.74) is 0. The van der Waals surface area contributed by atoms with Crippen LogP contribution in [0, 0.1) is 11.3 Å². The molecule has 0 N–H and O–H groups in total. The van der Waals surface area contributed by atoms with Crippen molar-refractivity contribution in [2.24, 2.45) is 5.92 Å². The Hall–Kier alpha value is -0.0200. The highest BCUT2D eigenvalue weighted by molar-refractivity contribution is 8.00. The maximum absolute atomic E-state index is 9.42. The van der Waals surface area contributed by atoms with Crippen LogP contribution in [0.15, 0.2) is 0 Å². The van der Waals surface area contributed by atoms with E-state index in [1.165, 1.54) is 12.8 Å². The SMILES string of the molecule is CCOC1CC([N+]#N)C(OCC(C)C)CC1SC1CCC(Cl)CC1. The lowest BCUT2D eigenvalue weighted by atomic mass is 9.90. The Morgan fingerprint density at radius 1 is 1.12 bits per heavy atom. The van der Waals surface area contributed by atoms with E-state index in [2.05, 4.69) is 30.6 Å². The molecule has 4 atom stereocenters. The molecule has 0 amide bonds. The van der Waals surface area contributed by atoms with Gasteiger partial charge in [-0.3, -0.25) is 0 Å². The molecule has 0 heterocycles. The number of hydrogen-bond acceptors (Lipinski definition) is 4. The maximum Gasteiger partial charge on any atom is 0.342 e. The van der Waals surface area contributed by atoms with Crippen LogP contribution in [-0.2, 0) is 9.47 Å². The lowest BCUT2D eigenvalue weighted by molar-refractivity contribution is -0.0350. The summed E-state index contributed by atoms with van der Waals surface area (Å²) >= 11 is 8.30. The van der Waals surface area contributed by atoms with Crippen LogP contribution in [0.25, 0.3) is 4.98 Å². The molecule has 0 aromatic heterocycles. The van der Waals surface area contributed by atoms with E-state index in [0.29, 0.717) is 35.0 Å². The van der Waals surface area contributed by atoms with Gasteiger partial charge in [0.2, 0.25) is 5.39 Å². The Kier molecular flexibility index (Phi) is 8.63. The van der Waals surface area contributed by atoms with Crippen molar-refractivity contribution in [3.05, 3.63) is 4.98 Å². The molecular formula is C18H32ClN2O2S+. The van der Waals surface area contributed by atoms with Crippen molar-refractivity contribution in [3.8, 4) is 0 Å². The minimum absolute atomic E-state index is 0.00373. The second-order valence-corrected chi connectivity index (χ2v) is 9.62. The summed E-state index contributed by atoms with van der Waals surface area (Å²) in [6.45, 7) is 7.74. The summed E-state index contributed by atoms with van der Waals surface area (Å²) < 4.78 is 12.1. The van der Waals surface area contributed by atoms with Crippen molar-refractivity contribution in [2.45, 2.75) is 93.4 Å². The van der Waals surface area contributed by atoms with E-state index >= 15 is 0 Å². The zero-order valence-corrected chi connectivity index (χ0v) is 16.8. The maximum atomic E-state index is 9.42. The quantitative estimate of drug-likeness (QED) is 0.458. The smallest absolute Gasteiger partial charge is 0.342 e. The molecular weight excluding hydrogens is 344 g/mol. The number of diazo groups is 1. The Labute approximate surface area is 156 Å². The van der Waals surface area contributed by atoms with Crippen LogP contribution in [0.2, 0.25) is 0 Å². The van der Waals surface area contributed by atoms with Crippen molar-refractivity contribution in [1.29, 1.82) is 5.39 Å². The average Bonchev–Trinajstić information content (AvgIpc) is 2.56. The van der Waals surface area contributed by atoms with Crippen LogP contribution in [-0.4, -0.2) is 47.3 Å². The molecule has 24 heavy (non-hydrogen) atoms.